The number of fused-ring (bicyclic) bond motifs is 3. The smallest absolute Gasteiger partial charge is 0.243 e. The molecule has 1 aromatic heterocycles. The topological polar surface area (TPSA) is 93.5 Å². The minimum atomic E-state index is -3.41. The van der Waals surface area contributed by atoms with Crippen LogP contribution in [0, 0.1) is 0 Å². The van der Waals surface area contributed by atoms with E-state index in [1.54, 1.807) is 35.9 Å². The van der Waals surface area contributed by atoms with E-state index in [9.17, 15) is 13.2 Å². The Balaban J connectivity index is 1.74. The lowest BCUT2D eigenvalue weighted by Gasteiger charge is -2.18. The van der Waals surface area contributed by atoms with Crippen molar-refractivity contribution in [2.75, 3.05) is 25.1 Å². The summed E-state index contributed by atoms with van der Waals surface area (Å²) in [5, 5.41) is 5.42. The second-order valence-corrected chi connectivity index (χ2v) is 11.4. The molecule has 1 amide bonds. The zero-order valence-electron chi connectivity index (χ0n) is 21.9. The van der Waals surface area contributed by atoms with Gasteiger partial charge in [0.05, 0.1) is 18.0 Å². The Morgan fingerprint density at radius 2 is 1.87 bits per heavy atom. The average Bonchev–Trinajstić information content (AvgIpc) is 3.18. The summed E-state index contributed by atoms with van der Waals surface area (Å²) in [7, 11) is 0.0492. The molecule has 3 aromatic carbocycles. The van der Waals surface area contributed by atoms with E-state index in [1.165, 1.54) is 0 Å². The van der Waals surface area contributed by atoms with E-state index < -0.39 is 10.0 Å². The van der Waals surface area contributed by atoms with Gasteiger partial charge in [0, 0.05) is 30.7 Å². The first-order valence-corrected chi connectivity index (χ1v) is 14.3. The van der Waals surface area contributed by atoms with Crippen molar-refractivity contribution in [3.63, 3.8) is 0 Å². The second kappa shape index (κ2) is 9.98. The molecule has 196 valence electrons. The number of likely N-dealkylation sites (N-methyl/N-ethyl adjacent to an activating group) is 1. The van der Waals surface area contributed by atoms with Gasteiger partial charge in [0.25, 0.3) is 0 Å². The molecule has 0 saturated carbocycles. The Bertz CT molecular complexity index is 1690. The van der Waals surface area contributed by atoms with Gasteiger partial charge in [0.2, 0.25) is 15.9 Å². The van der Waals surface area contributed by atoms with E-state index in [0.717, 1.165) is 56.3 Å². The molecule has 38 heavy (non-hydrogen) atoms. The first kappa shape index (κ1) is 25.5. The number of anilines is 1. The number of sulfonamides is 1. The van der Waals surface area contributed by atoms with Gasteiger partial charge in [-0.2, -0.15) is 5.10 Å². The minimum Gasteiger partial charge on any atom is -0.488 e. The Morgan fingerprint density at radius 1 is 1.08 bits per heavy atom. The number of rotatable bonds is 6. The molecule has 0 atom stereocenters. The van der Waals surface area contributed by atoms with E-state index in [2.05, 4.69) is 34.9 Å². The molecule has 5 rings (SSSR count). The van der Waals surface area contributed by atoms with Gasteiger partial charge < -0.3 is 9.64 Å². The predicted molar refractivity (Wildman–Crippen MR) is 150 cm³/mol. The molecular weight excluding hydrogens is 500 g/mol. The normalized spacial score (nSPS) is 14.2. The van der Waals surface area contributed by atoms with Gasteiger partial charge in [-0.1, -0.05) is 37.3 Å². The molecule has 8 nitrogen and oxygen atoms in total. The van der Waals surface area contributed by atoms with E-state index >= 15 is 0 Å². The molecule has 1 aliphatic rings. The molecule has 9 heteroatoms. The van der Waals surface area contributed by atoms with Crippen molar-refractivity contribution < 1.29 is 17.9 Å². The lowest BCUT2D eigenvalue weighted by Crippen LogP contribution is -2.26. The van der Waals surface area contributed by atoms with Crippen LogP contribution in [0.5, 0.6) is 5.75 Å². The molecule has 0 bridgehead atoms. The number of carbonyl (C=O) groups is 1. The highest BCUT2D eigenvalue weighted by atomic mass is 32.2. The number of hydrogen-bond acceptors (Lipinski definition) is 5. The highest BCUT2D eigenvalue weighted by molar-refractivity contribution is 7.92. The Morgan fingerprint density at radius 3 is 2.61 bits per heavy atom. The minimum absolute atomic E-state index is 0.0370. The molecule has 0 aliphatic carbocycles. The summed E-state index contributed by atoms with van der Waals surface area (Å²) >= 11 is 0. The first-order chi connectivity index (χ1) is 18.1. The molecule has 2 heterocycles. The molecule has 0 spiro atoms. The van der Waals surface area contributed by atoms with Gasteiger partial charge in [-0.25, -0.2) is 8.42 Å². The Kier molecular flexibility index (Phi) is 6.71. The standard InChI is InChI=1S/C29H30N4O4S/c1-5-23(19-9-8-10-22(13-19)31-38(4,35)36)29-24-11-6-7-12-27(24)37-18-21-15-26-20(14-25(21)29)16-30-33(26)17-28(34)32(2)3/h6-16,31H,5,17-18H2,1-4H3/b29-23+. The maximum atomic E-state index is 12.4. The van der Waals surface area contributed by atoms with E-state index in [-0.39, 0.29) is 12.5 Å². The number of para-hydroxylation sites is 1. The van der Waals surface area contributed by atoms with E-state index in [1.807, 2.05) is 36.4 Å². The highest BCUT2D eigenvalue weighted by Crippen LogP contribution is 2.43. The lowest BCUT2D eigenvalue weighted by atomic mass is 9.86. The fraction of sp³-hybridized carbons (Fsp3) is 0.241. The van der Waals surface area contributed by atoms with Crippen molar-refractivity contribution in [3.05, 3.63) is 89.1 Å². The van der Waals surface area contributed by atoms with Crippen LogP contribution in [0.15, 0.2) is 66.9 Å². The first-order valence-electron chi connectivity index (χ1n) is 12.4. The lowest BCUT2D eigenvalue weighted by molar-refractivity contribution is -0.129. The van der Waals surface area contributed by atoms with Gasteiger partial charge in [0.15, 0.2) is 0 Å². The molecule has 1 N–H and O–H groups in total. The molecular formula is C29H30N4O4S. The number of nitrogens with one attached hydrogen (secondary N) is 1. The van der Waals surface area contributed by atoms with Crippen LogP contribution in [0.25, 0.3) is 22.0 Å². The van der Waals surface area contributed by atoms with Gasteiger partial charge in [0.1, 0.15) is 18.9 Å². The van der Waals surface area contributed by atoms with Gasteiger partial charge in [-0.05, 0) is 64.6 Å². The fourth-order valence-electron chi connectivity index (χ4n) is 4.85. The van der Waals surface area contributed by atoms with Crippen molar-refractivity contribution in [2.24, 2.45) is 0 Å². The predicted octanol–water partition coefficient (Wildman–Crippen LogP) is 4.76. The van der Waals surface area contributed by atoms with Crippen molar-refractivity contribution in [1.29, 1.82) is 0 Å². The van der Waals surface area contributed by atoms with Crippen molar-refractivity contribution in [2.45, 2.75) is 26.5 Å². The summed E-state index contributed by atoms with van der Waals surface area (Å²) in [5.41, 5.74) is 7.38. The third-order valence-corrected chi connectivity index (χ3v) is 7.24. The van der Waals surface area contributed by atoms with Crippen LogP contribution in [-0.2, 0) is 28.0 Å². The third-order valence-electron chi connectivity index (χ3n) is 6.63. The van der Waals surface area contributed by atoms with Gasteiger partial charge >= 0.3 is 0 Å². The van der Waals surface area contributed by atoms with Crippen LogP contribution in [0.4, 0.5) is 5.69 Å². The van der Waals surface area contributed by atoms with Crippen LogP contribution < -0.4 is 9.46 Å². The van der Waals surface area contributed by atoms with E-state index in [4.69, 9.17) is 4.74 Å². The number of benzene rings is 3. The molecule has 4 aromatic rings. The number of hydrogen-bond donors (Lipinski definition) is 1. The largest absolute Gasteiger partial charge is 0.488 e. The van der Waals surface area contributed by atoms with Gasteiger partial charge in [-0.15, -0.1) is 0 Å². The maximum absolute atomic E-state index is 12.4. The Hall–Kier alpha value is -4.11. The number of aromatic nitrogens is 2. The summed E-state index contributed by atoms with van der Waals surface area (Å²) in [5.74, 6) is 0.744. The molecule has 0 fully saturated rings. The molecule has 0 unspecified atom stereocenters. The summed E-state index contributed by atoms with van der Waals surface area (Å²) < 4.78 is 34.4. The van der Waals surface area contributed by atoms with Crippen LogP contribution in [0.3, 0.4) is 0 Å². The zero-order chi connectivity index (χ0) is 27.0. The number of allylic oxidation sites excluding steroid dienone is 1. The fourth-order valence-corrected chi connectivity index (χ4v) is 5.41. The summed E-state index contributed by atoms with van der Waals surface area (Å²) in [4.78, 5) is 13.9. The SMILES string of the molecule is CC/C(=C1\c2cc3cnn(CC(=O)N(C)C)c3cc2COc2ccccc21)c1cccc(NS(C)(=O)=O)c1. The van der Waals surface area contributed by atoms with Crippen LogP contribution in [0.1, 0.15) is 35.6 Å². The molecule has 0 radical (unpaired) electrons. The van der Waals surface area contributed by atoms with E-state index in [0.29, 0.717) is 18.7 Å². The number of ether oxygens (including phenoxy) is 1. The van der Waals surface area contributed by atoms with Crippen molar-refractivity contribution in [1.82, 2.24) is 14.7 Å². The maximum Gasteiger partial charge on any atom is 0.243 e. The second-order valence-electron chi connectivity index (χ2n) is 9.61. The highest BCUT2D eigenvalue weighted by Gasteiger charge is 2.24. The molecule has 1 aliphatic heterocycles. The van der Waals surface area contributed by atoms with Gasteiger partial charge in [-0.3, -0.25) is 14.2 Å². The Labute approximate surface area is 222 Å². The van der Waals surface area contributed by atoms with Crippen LogP contribution >= 0.6 is 0 Å². The average molecular weight is 531 g/mol. The number of nitrogens with zero attached hydrogens (tertiary/aromatic N) is 3. The number of amides is 1. The van der Waals surface area contributed by atoms with Crippen LogP contribution in [0.2, 0.25) is 0 Å². The van der Waals surface area contributed by atoms with Crippen molar-refractivity contribution >= 4 is 43.7 Å². The third kappa shape index (κ3) is 5.02. The van der Waals surface area contributed by atoms with Crippen molar-refractivity contribution in [3.8, 4) is 5.75 Å². The molecule has 0 saturated heterocycles. The summed E-state index contributed by atoms with van der Waals surface area (Å²) in [6.45, 7) is 2.61. The quantitative estimate of drug-likeness (QED) is 0.388. The summed E-state index contributed by atoms with van der Waals surface area (Å²) in [6.07, 6.45) is 3.64. The zero-order valence-corrected chi connectivity index (χ0v) is 22.7. The summed E-state index contributed by atoms with van der Waals surface area (Å²) in [6, 6.07) is 19.6. The van der Waals surface area contributed by atoms with Crippen LogP contribution in [-0.4, -0.2) is 49.4 Å². The monoisotopic (exact) mass is 530 g/mol. The number of carbonyl (C=O) groups excluding carboxylic acids is 1.